The van der Waals surface area contributed by atoms with Gasteiger partial charge in [-0.2, -0.15) is 4.31 Å². The Kier molecular flexibility index (Phi) is 7.87. The summed E-state index contributed by atoms with van der Waals surface area (Å²) in [6.07, 6.45) is 5.73. The molecule has 0 unspecified atom stereocenters. The maximum atomic E-state index is 14.0. The van der Waals surface area contributed by atoms with Gasteiger partial charge in [-0.1, -0.05) is 24.1 Å². The van der Waals surface area contributed by atoms with E-state index in [2.05, 4.69) is 15.2 Å². The smallest absolute Gasteiger partial charge is 0.264 e. The van der Waals surface area contributed by atoms with E-state index < -0.39 is 33.0 Å². The molecule has 2 aromatic rings. The highest BCUT2D eigenvalue weighted by molar-refractivity contribution is 7.89. The molecule has 1 saturated carbocycles. The van der Waals surface area contributed by atoms with Crippen LogP contribution < -0.4 is 0 Å². The molecule has 8 nitrogen and oxygen atoms in total. The molecule has 2 heterocycles. The van der Waals surface area contributed by atoms with Crippen molar-refractivity contribution in [2.24, 2.45) is 7.05 Å². The first kappa shape index (κ1) is 25.7. The molecule has 4 rings (SSSR count). The molecule has 0 bridgehead atoms. The molecule has 0 spiro atoms. The number of sulfonamides is 1. The minimum atomic E-state index is -3.70. The van der Waals surface area contributed by atoms with Crippen LogP contribution in [0.2, 0.25) is 0 Å². The molecule has 0 radical (unpaired) electrons. The number of aryl methyl sites for hydroxylation is 1. The summed E-state index contributed by atoms with van der Waals surface area (Å²) in [4.78, 5) is 14.9. The first-order valence-corrected chi connectivity index (χ1v) is 12.3. The Bertz CT molecular complexity index is 1080. The summed E-state index contributed by atoms with van der Waals surface area (Å²) in [6, 6.07) is 3.44. The Hall–Kier alpha value is -1.95. The average molecular weight is 504 g/mol. The van der Waals surface area contributed by atoms with Crippen LogP contribution in [0.25, 0.3) is 0 Å². The summed E-state index contributed by atoms with van der Waals surface area (Å²) in [6.45, 7) is 1.69. The number of halogens is 3. The van der Waals surface area contributed by atoms with Crippen molar-refractivity contribution >= 4 is 28.2 Å². The van der Waals surface area contributed by atoms with E-state index in [9.17, 15) is 22.0 Å². The SMILES string of the molecule is Cl.Cn1cc(S(=O)(=O)N2CCN(C3(CCC(=O)c4c(F)cccc4F)CCCC3)CC2)nn1. The number of aromatic nitrogens is 3. The highest BCUT2D eigenvalue weighted by Crippen LogP contribution is 2.40. The van der Waals surface area contributed by atoms with E-state index in [1.807, 2.05) is 0 Å². The molecule has 1 aliphatic carbocycles. The van der Waals surface area contributed by atoms with E-state index in [4.69, 9.17) is 0 Å². The first-order chi connectivity index (χ1) is 15.2. The molecule has 182 valence electrons. The topological polar surface area (TPSA) is 88.4 Å². The molecule has 0 N–H and O–H groups in total. The molecular formula is C21H28ClF2N5O3S. The largest absolute Gasteiger partial charge is 0.295 e. The molecule has 33 heavy (non-hydrogen) atoms. The molecule has 1 aromatic heterocycles. The third-order valence-corrected chi connectivity index (χ3v) is 8.45. The zero-order valence-corrected chi connectivity index (χ0v) is 20.0. The predicted molar refractivity (Wildman–Crippen MR) is 120 cm³/mol. The normalized spacial score (nSPS) is 19.4. The fourth-order valence-corrected chi connectivity index (χ4v) is 6.31. The van der Waals surface area contributed by atoms with Gasteiger partial charge in [0.05, 0.1) is 11.8 Å². The minimum Gasteiger partial charge on any atom is -0.295 e. The second-order valence-electron chi connectivity index (χ2n) is 8.57. The van der Waals surface area contributed by atoms with Gasteiger partial charge in [0.25, 0.3) is 10.0 Å². The van der Waals surface area contributed by atoms with E-state index in [0.29, 0.717) is 32.6 Å². The van der Waals surface area contributed by atoms with Gasteiger partial charge in [0.1, 0.15) is 11.6 Å². The Balaban J connectivity index is 0.00000306. The Labute approximate surface area is 198 Å². The van der Waals surface area contributed by atoms with Crippen molar-refractivity contribution in [1.82, 2.24) is 24.2 Å². The number of benzene rings is 1. The van der Waals surface area contributed by atoms with Crippen LogP contribution in [0.15, 0.2) is 29.4 Å². The average Bonchev–Trinajstić information content (AvgIpc) is 3.42. The number of rotatable bonds is 7. The molecule has 0 atom stereocenters. The zero-order valence-electron chi connectivity index (χ0n) is 18.4. The van der Waals surface area contributed by atoms with Crippen molar-refractivity contribution in [3.63, 3.8) is 0 Å². The van der Waals surface area contributed by atoms with Crippen molar-refractivity contribution in [2.75, 3.05) is 26.2 Å². The molecule has 2 aliphatic rings. The number of Topliss-reactive ketones (excluding diaryl/α,β-unsaturated/α-hetero) is 1. The molecule has 1 saturated heterocycles. The summed E-state index contributed by atoms with van der Waals surface area (Å²) in [5, 5.41) is 7.38. The lowest BCUT2D eigenvalue weighted by Crippen LogP contribution is -2.57. The number of ketones is 1. The zero-order chi connectivity index (χ0) is 22.9. The van der Waals surface area contributed by atoms with Crippen LogP contribution in [0.4, 0.5) is 8.78 Å². The standard InChI is InChI=1S/C21H27F2N5O3S.ClH/c1-26-15-19(24-25-26)32(30,31)28-13-11-27(12-14-28)21(8-2-3-9-21)10-7-18(29)20-16(22)5-4-6-17(20)23;/h4-6,15H,2-3,7-14H2,1H3;1H. The van der Waals surface area contributed by atoms with Crippen LogP contribution in [0.1, 0.15) is 48.9 Å². The summed E-state index contributed by atoms with van der Waals surface area (Å²) >= 11 is 0. The van der Waals surface area contributed by atoms with Gasteiger partial charge in [-0.25, -0.2) is 17.2 Å². The first-order valence-electron chi connectivity index (χ1n) is 10.8. The van der Waals surface area contributed by atoms with Gasteiger partial charge in [0.2, 0.25) is 5.03 Å². The molecule has 2 fully saturated rings. The Morgan fingerprint density at radius 3 is 2.24 bits per heavy atom. The van der Waals surface area contributed by atoms with E-state index in [1.54, 1.807) is 7.05 Å². The van der Waals surface area contributed by atoms with Crippen LogP contribution >= 0.6 is 12.4 Å². The fourth-order valence-electron chi connectivity index (χ4n) is 4.97. The van der Waals surface area contributed by atoms with Crippen LogP contribution in [0.3, 0.4) is 0 Å². The van der Waals surface area contributed by atoms with Crippen LogP contribution in [-0.4, -0.2) is 70.1 Å². The molecule has 12 heteroatoms. The lowest BCUT2D eigenvalue weighted by Gasteiger charge is -2.45. The van der Waals surface area contributed by atoms with Crippen LogP contribution in [-0.2, 0) is 17.1 Å². The maximum Gasteiger partial charge on any atom is 0.264 e. The monoisotopic (exact) mass is 503 g/mol. The van der Waals surface area contributed by atoms with Crippen LogP contribution in [0.5, 0.6) is 0 Å². The summed E-state index contributed by atoms with van der Waals surface area (Å²) in [7, 11) is -2.09. The number of carbonyl (C=O) groups excluding carboxylic acids is 1. The van der Waals surface area contributed by atoms with Gasteiger partial charge in [0, 0.05) is 45.2 Å². The van der Waals surface area contributed by atoms with E-state index >= 15 is 0 Å². The van der Waals surface area contributed by atoms with Gasteiger partial charge >= 0.3 is 0 Å². The van der Waals surface area contributed by atoms with Gasteiger partial charge in [-0.15, -0.1) is 17.5 Å². The minimum absolute atomic E-state index is 0. The summed E-state index contributed by atoms with van der Waals surface area (Å²) in [5.74, 6) is -2.20. The van der Waals surface area contributed by atoms with Gasteiger partial charge in [-0.05, 0) is 31.4 Å². The second kappa shape index (κ2) is 10.1. The highest BCUT2D eigenvalue weighted by Gasteiger charge is 2.42. The van der Waals surface area contributed by atoms with Crippen molar-refractivity contribution in [1.29, 1.82) is 0 Å². The van der Waals surface area contributed by atoms with E-state index in [0.717, 1.165) is 37.8 Å². The summed E-state index contributed by atoms with van der Waals surface area (Å²) in [5.41, 5.74) is -0.722. The number of carbonyl (C=O) groups is 1. The molecule has 1 aliphatic heterocycles. The predicted octanol–water partition coefficient (Wildman–Crippen LogP) is 2.80. The lowest BCUT2D eigenvalue weighted by atomic mass is 9.87. The third kappa shape index (κ3) is 5.11. The lowest BCUT2D eigenvalue weighted by molar-refractivity contribution is 0.0475. The molecule has 0 amide bonds. The quantitative estimate of drug-likeness (QED) is 0.540. The van der Waals surface area contributed by atoms with Gasteiger partial charge in [0.15, 0.2) is 5.78 Å². The Morgan fingerprint density at radius 2 is 1.70 bits per heavy atom. The maximum absolute atomic E-state index is 14.0. The van der Waals surface area contributed by atoms with Gasteiger partial charge in [-0.3, -0.25) is 14.4 Å². The highest BCUT2D eigenvalue weighted by atomic mass is 35.5. The number of hydrogen-bond donors (Lipinski definition) is 0. The second-order valence-corrected chi connectivity index (χ2v) is 10.5. The van der Waals surface area contributed by atoms with Crippen molar-refractivity contribution < 1.29 is 22.0 Å². The molecule has 1 aromatic carbocycles. The van der Waals surface area contributed by atoms with Gasteiger partial charge < -0.3 is 0 Å². The van der Waals surface area contributed by atoms with E-state index in [1.165, 1.54) is 21.3 Å². The van der Waals surface area contributed by atoms with Crippen molar-refractivity contribution in [2.45, 2.75) is 49.1 Å². The summed E-state index contributed by atoms with van der Waals surface area (Å²) < 4.78 is 56.4. The number of piperazine rings is 1. The van der Waals surface area contributed by atoms with Crippen molar-refractivity contribution in [3.05, 3.63) is 41.6 Å². The van der Waals surface area contributed by atoms with Crippen LogP contribution in [0, 0.1) is 11.6 Å². The van der Waals surface area contributed by atoms with Crippen molar-refractivity contribution in [3.8, 4) is 0 Å². The third-order valence-electron chi connectivity index (χ3n) is 6.69. The molecular weight excluding hydrogens is 476 g/mol. The number of hydrogen-bond acceptors (Lipinski definition) is 6. The number of nitrogens with zero attached hydrogens (tertiary/aromatic N) is 5. The Morgan fingerprint density at radius 1 is 1.09 bits per heavy atom. The van der Waals surface area contributed by atoms with E-state index in [-0.39, 0.29) is 29.4 Å². The fraction of sp³-hybridized carbons (Fsp3) is 0.571.